The number of rotatable bonds is 4. The molecule has 0 radical (unpaired) electrons. The predicted octanol–water partition coefficient (Wildman–Crippen LogP) is 4.86. The fourth-order valence-electron chi connectivity index (χ4n) is 2.78. The summed E-state index contributed by atoms with van der Waals surface area (Å²) in [5.41, 5.74) is 2.56. The average molecular weight is 353 g/mol. The number of aromatic nitrogens is 1. The maximum Gasteiger partial charge on any atom is 0.258 e. The molecule has 4 rings (SSSR count). The molecule has 0 aliphatic carbocycles. The van der Waals surface area contributed by atoms with Crippen molar-refractivity contribution in [3.63, 3.8) is 0 Å². The maximum absolute atomic E-state index is 12.5. The predicted molar refractivity (Wildman–Crippen MR) is 103 cm³/mol. The lowest BCUT2D eigenvalue weighted by molar-refractivity contribution is 0.102. The van der Waals surface area contributed by atoms with E-state index >= 15 is 0 Å². The summed E-state index contributed by atoms with van der Waals surface area (Å²) in [6.45, 7) is 0. The minimum atomic E-state index is -0.334. The van der Waals surface area contributed by atoms with Crippen LogP contribution in [0.5, 0.6) is 0 Å². The third-order valence-electron chi connectivity index (χ3n) is 4.17. The van der Waals surface area contributed by atoms with Gasteiger partial charge in [0.05, 0.1) is 0 Å². The lowest BCUT2D eigenvalue weighted by atomic mass is 10.1. The number of nitrogens with one attached hydrogen (secondary N) is 1. The van der Waals surface area contributed by atoms with E-state index in [2.05, 4.69) is 11.4 Å². The molecule has 0 saturated heterocycles. The van der Waals surface area contributed by atoms with Gasteiger partial charge in [0.15, 0.2) is 0 Å². The van der Waals surface area contributed by atoms with Gasteiger partial charge in [-0.2, -0.15) is 5.26 Å². The number of hydrogen-bond donors (Lipinski definition) is 1. The van der Waals surface area contributed by atoms with Crippen LogP contribution in [0.3, 0.4) is 0 Å². The van der Waals surface area contributed by atoms with Crippen molar-refractivity contribution in [2.24, 2.45) is 0 Å². The Labute approximate surface area is 156 Å². The summed E-state index contributed by atoms with van der Waals surface area (Å²) in [6.07, 6.45) is 3.87. The summed E-state index contributed by atoms with van der Waals surface area (Å²) >= 11 is 0. The Morgan fingerprint density at radius 1 is 0.963 bits per heavy atom. The molecule has 2 aromatic heterocycles. The van der Waals surface area contributed by atoms with Crippen molar-refractivity contribution in [2.75, 3.05) is 5.32 Å². The van der Waals surface area contributed by atoms with Crippen LogP contribution in [0.2, 0.25) is 0 Å². The van der Waals surface area contributed by atoms with Crippen LogP contribution in [0.1, 0.15) is 15.9 Å². The van der Waals surface area contributed by atoms with Crippen LogP contribution in [-0.4, -0.2) is 10.5 Å². The van der Waals surface area contributed by atoms with Crippen LogP contribution in [0, 0.1) is 11.3 Å². The van der Waals surface area contributed by atoms with E-state index in [1.807, 2.05) is 71.6 Å². The third-order valence-corrected chi connectivity index (χ3v) is 4.17. The monoisotopic (exact) mass is 353 g/mol. The SMILES string of the molecule is N#Cc1cc(-c2ccccc2)oc1NC(=O)c1ccc(-n2cccc2)cc1. The van der Waals surface area contributed by atoms with E-state index in [4.69, 9.17) is 4.42 Å². The number of nitrogens with zero attached hydrogens (tertiary/aromatic N) is 2. The van der Waals surface area contributed by atoms with Gasteiger partial charge in [-0.15, -0.1) is 0 Å². The molecule has 5 nitrogen and oxygen atoms in total. The standard InChI is InChI=1S/C22H15N3O2/c23-15-18-14-20(16-6-2-1-3-7-16)27-22(18)24-21(26)17-8-10-19(11-9-17)25-12-4-5-13-25/h1-14H,(H,24,26). The van der Waals surface area contributed by atoms with Crippen LogP contribution >= 0.6 is 0 Å². The number of hydrogen-bond acceptors (Lipinski definition) is 3. The number of carbonyl (C=O) groups is 1. The molecule has 0 saturated carbocycles. The first-order valence-electron chi connectivity index (χ1n) is 8.39. The molecule has 130 valence electrons. The zero-order valence-corrected chi connectivity index (χ0v) is 14.3. The smallest absolute Gasteiger partial charge is 0.258 e. The average Bonchev–Trinajstić information content (AvgIpc) is 3.39. The molecule has 2 aromatic carbocycles. The van der Waals surface area contributed by atoms with Crippen LogP contribution in [0.25, 0.3) is 17.0 Å². The summed E-state index contributed by atoms with van der Waals surface area (Å²) < 4.78 is 7.66. The first kappa shape index (κ1) is 16.4. The van der Waals surface area contributed by atoms with E-state index in [0.717, 1.165) is 11.3 Å². The quantitative estimate of drug-likeness (QED) is 0.569. The van der Waals surface area contributed by atoms with Crippen molar-refractivity contribution in [3.05, 3.63) is 96.3 Å². The van der Waals surface area contributed by atoms with Crippen molar-refractivity contribution in [1.29, 1.82) is 5.26 Å². The molecule has 0 unspecified atom stereocenters. The summed E-state index contributed by atoms with van der Waals surface area (Å²) in [4.78, 5) is 12.5. The highest BCUT2D eigenvalue weighted by molar-refractivity contribution is 6.04. The van der Waals surface area contributed by atoms with E-state index in [9.17, 15) is 10.1 Å². The van der Waals surface area contributed by atoms with Crippen molar-refractivity contribution in [3.8, 4) is 23.1 Å². The summed E-state index contributed by atoms with van der Waals surface area (Å²) in [7, 11) is 0. The number of anilines is 1. The molecule has 2 heterocycles. The van der Waals surface area contributed by atoms with Gasteiger partial charge in [-0.3, -0.25) is 10.1 Å². The van der Waals surface area contributed by atoms with Gasteiger partial charge in [0.1, 0.15) is 17.4 Å². The molecule has 0 aliphatic heterocycles. The second kappa shape index (κ2) is 7.06. The van der Waals surface area contributed by atoms with Crippen molar-refractivity contribution >= 4 is 11.8 Å². The minimum absolute atomic E-state index is 0.149. The van der Waals surface area contributed by atoms with Gasteiger partial charge < -0.3 is 8.98 Å². The Balaban J connectivity index is 1.56. The second-order valence-corrected chi connectivity index (χ2v) is 5.92. The van der Waals surface area contributed by atoms with E-state index in [1.54, 1.807) is 18.2 Å². The fourth-order valence-corrected chi connectivity index (χ4v) is 2.78. The maximum atomic E-state index is 12.5. The minimum Gasteiger partial charge on any atom is -0.439 e. The third kappa shape index (κ3) is 3.37. The van der Waals surface area contributed by atoms with Crippen molar-refractivity contribution in [1.82, 2.24) is 4.57 Å². The molecular formula is C22H15N3O2. The van der Waals surface area contributed by atoms with Crippen LogP contribution in [0.15, 0.2) is 89.6 Å². The number of benzene rings is 2. The fraction of sp³-hybridized carbons (Fsp3) is 0. The number of carbonyl (C=O) groups excluding carboxylic acids is 1. The Bertz CT molecular complexity index is 1100. The number of nitriles is 1. The molecule has 0 aliphatic rings. The molecular weight excluding hydrogens is 338 g/mol. The summed E-state index contributed by atoms with van der Waals surface area (Å²) in [5.74, 6) is 0.348. The van der Waals surface area contributed by atoms with Crippen LogP contribution in [0.4, 0.5) is 5.88 Å². The normalized spacial score (nSPS) is 10.3. The zero-order valence-electron chi connectivity index (χ0n) is 14.3. The van der Waals surface area contributed by atoms with Gasteiger partial charge in [-0.05, 0) is 36.4 Å². The Morgan fingerprint density at radius 3 is 2.33 bits per heavy atom. The molecule has 0 atom stereocenters. The van der Waals surface area contributed by atoms with Gasteiger partial charge in [0.2, 0.25) is 5.88 Å². The van der Waals surface area contributed by atoms with Gasteiger partial charge in [0, 0.05) is 35.3 Å². The van der Waals surface area contributed by atoms with Gasteiger partial charge in [0.25, 0.3) is 5.91 Å². The molecule has 4 aromatic rings. The van der Waals surface area contributed by atoms with E-state index in [0.29, 0.717) is 11.3 Å². The van der Waals surface area contributed by atoms with Crippen LogP contribution < -0.4 is 5.32 Å². The van der Waals surface area contributed by atoms with Gasteiger partial charge >= 0.3 is 0 Å². The van der Waals surface area contributed by atoms with E-state index in [-0.39, 0.29) is 17.4 Å². The van der Waals surface area contributed by atoms with Gasteiger partial charge in [-0.1, -0.05) is 30.3 Å². The summed E-state index contributed by atoms with van der Waals surface area (Å²) in [5, 5.41) is 12.0. The first-order chi connectivity index (χ1) is 13.2. The molecule has 1 N–H and O–H groups in total. The molecule has 0 spiro atoms. The van der Waals surface area contributed by atoms with E-state index in [1.165, 1.54) is 0 Å². The molecule has 0 bridgehead atoms. The Kier molecular flexibility index (Phi) is 4.30. The van der Waals surface area contributed by atoms with Gasteiger partial charge in [-0.25, -0.2) is 0 Å². The largest absolute Gasteiger partial charge is 0.439 e. The molecule has 0 fully saturated rings. The number of furan rings is 1. The van der Waals surface area contributed by atoms with Crippen molar-refractivity contribution in [2.45, 2.75) is 0 Å². The molecule has 27 heavy (non-hydrogen) atoms. The highest BCUT2D eigenvalue weighted by atomic mass is 16.4. The molecule has 5 heteroatoms. The Morgan fingerprint density at radius 2 is 1.67 bits per heavy atom. The second-order valence-electron chi connectivity index (χ2n) is 5.92. The van der Waals surface area contributed by atoms with E-state index < -0.39 is 0 Å². The Hall–Kier alpha value is -4.04. The highest BCUT2D eigenvalue weighted by Crippen LogP contribution is 2.29. The molecule has 1 amide bonds. The zero-order chi connectivity index (χ0) is 18.6. The lowest BCUT2D eigenvalue weighted by Gasteiger charge is -2.06. The first-order valence-corrected chi connectivity index (χ1v) is 8.39. The van der Waals surface area contributed by atoms with Crippen LogP contribution in [-0.2, 0) is 0 Å². The number of amides is 1. The topological polar surface area (TPSA) is 71.0 Å². The lowest BCUT2D eigenvalue weighted by Crippen LogP contribution is -2.12. The van der Waals surface area contributed by atoms with Crippen molar-refractivity contribution < 1.29 is 9.21 Å². The summed E-state index contributed by atoms with van der Waals surface area (Å²) in [6, 6.07) is 24.2. The highest BCUT2D eigenvalue weighted by Gasteiger charge is 2.16.